The van der Waals surface area contributed by atoms with E-state index in [1.165, 1.54) is 75.8 Å². The Balaban J connectivity index is 1.04. The van der Waals surface area contributed by atoms with Gasteiger partial charge in [-0.2, -0.15) is 0 Å². The van der Waals surface area contributed by atoms with Crippen molar-refractivity contribution >= 4 is 48.6 Å². The van der Waals surface area contributed by atoms with Gasteiger partial charge in [-0.1, -0.05) is 182 Å². The number of rotatable bonds is 5. The number of para-hydroxylation sites is 1. The minimum atomic E-state index is -0.706. The number of fused-ring (bicyclic) bond motifs is 14. The molecule has 0 unspecified atom stereocenters. The smallest absolute Gasteiger partial charge is 0.132 e. The second-order valence-corrected chi connectivity index (χ2v) is 17.8. The van der Waals surface area contributed by atoms with Crippen LogP contribution in [0, 0.1) is 0 Å². The highest BCUT2D eigenvalue weighted by Gasteiger charge is 2.49. The fraction of sp³-hybridized carbons (Fsp3) is 0.0164. The van der Waals surface area contributed by atoms with E-state index in [1.54, 1.807) is 0 Å². The Morgan fingerprint density at radius 3 is 1.53 bits per heavy atom. The fourth-order valence-corrected chi connectivity index (χ4v) is 11.8. The molecule has 2 heterocycles. The number of hydrogen-bond donors (Lipinski definition) is 0. The molecule has 2 aliphatic rings. The number of thiophene rings is 1. The second-order valence-electron chi connectivity index (χ2n) is 16.7. The van der Waals surface area contributed by atoms with Gasteiger partial charge in [-0.25, -0.2) is 0 Å². The molecule has 1 aliphatic heterocycles. The summed E-state index contributed by atoms with van der Waals surface area (Å²) in [5.41, 5.74) is 16.9. The van der Waals surface area contributed by atoms with Crippen molar-refractivity contribution in [1.29, 1.82) is 0 Å². The van der Waals surface area contributed by atoms with Gasteiger partial charge in [0.2, 0.25) is 0 Å². The Hall–Kier alpha value is -7.98. The van der Waals surface area contributed by atoms with Crippen LogP contribution in [0.5, 0.6) is 11.5 Å². The Bertz CT molecular complexity index is 3520. The minimum Gasteiger partial charge on any atom is -0.457 e. The molecule has 10 aromatic carbocycles. The van der Waals surface area contributed by atoms with Gasteiger partial charge in [0.15, 0.2) is 0 Å². The van der Waals surface area contributed by atoms with Crippen molar-refractivity contribution in [3.8, 4) is 56.0 Å². The number of anilines is 3. The lowest BCUT2D eigenvalue weighted by Gasteiger charge is -2.43. The number of ether oxygens (including phenoxy) is 1. The van der Waals surface area contributed by atoms with Crippen molar-refractivity contribution in [2.45, 2.75) is 5.41 Å². The van der Waals surface area contributed by atoms with Gasteiger partial charge < -0.3 is 9.64 Å². The van der Waals surface area contributed by atoms with Crippen molar-refractivity contribution in [3.63, 3.8) is 0 Å². The van der Waals surface area contributed by atoms with E-state index in [-0.39, 0.29) is 0 Å². The molecule has 0 fully saturated rings. The summed E-state index contributed by atoms with van der Waals surface area (Å²) in [5, 5.41) is 2.62. The monoisotopic (exact) mass is 833 g/mol. The lowest BCUT2D eigenvalue weighted by Crippen LogP contribution is -2.35. The van der Waals surface area contributed by atoms with Crippen LogP contribution in [-0.2, 0) is 5.41 Å². The molecule has 0 bridgehead atoms. The summed E-state index contributed by atoms with van der Waals surface area (Å²) in [6.45, 7) is 0. The van der Waals surface area contributed by atoms with Gasteiger partial charge in [0.05, 0.1) is 5.41 Å². The lowest BCUT2D eigenvalue weighted by atomic mass is 9.62. The first-order valence-corrected chi connectivity index (χ1v) is 22.7. The zero-order valence-electron chi connectivity index (χ0n) is 34.8. The SMILES string of the molecule is c1ccc(-c2ccc(N(c3ccc(-c4cccc5c4sc4ccccc45)cc3)c3ccc4c(c3)C3(c5ccccc5O4)c4ccccc4-c4ccccc4-c4ccccc43)cc2)cc1. The predicted octanol–water partition coefficient (Wildman–Crippen LogP) is 17.0. The quantitative estimate of drug-likeness (QED) is 0.171. The van der Waals surface area contributed by atoms with Crippen LogP contribution in [0.15, 0.2) is 237 Å². The minimum absolute atomic E-state index is 0.706. The summed E-state index contributed by atoms with van der Waals surface area (Å²) < 4.78 is 9.60. The fourth-order valence-electron chi connectivity index (χ4n) is 10.6. The standard InChI is InChI=1S/C61H39NOS/c1-2-15-40(16-3-1)41-29-33-43(34-30-41)62(44-35-31-42(32-36-44)46-22-14-23-52-51-21-8-13-28-59(51)64-60(46)52)45-37-38-58-56(39-45)61(55-26-11-12-27-57(55)63-58)53-24-9-6-19-49(53)47-17-4-5-18-48(47)50-20-7-10-25-54(50)61/h1-39H. The summed E-state index contributed by atoms with van der Waals surface area (Å²) in [6, 6.07) is 86.5. The van der Waals surface area contributed by atoms with Crippen molar-refractivity contribution in [1.82, 2.24) is 0 Å². The molecule has 0 radical (unpaired) electrons. The summed E-state index contributed by atoms with van der Waals surface area (Å²) >= 11 is 1.87. The predicted molar refractivity (Wildman–Crippen MR) is 268 cm³/mol. The van der Waals surface area contributed by atoms with Crippen molar-refractivity contribution in [3.05, 3.63) is 259 Å². The van der Waals surface area contributed by atoms with E-state index in [2.05, 4.69) is 241 Å². The van der Waals surface area contributed by atoms with Crippen LogP contribution >= 0.6 is 11.3 Å². The molecule has 0 amide bonds. The Labute approximate surface area is 376 Å². The molecular weight excluding hydrogens is 795 g/mol. The van der Waals surface area contributed by atoms with E-state index in [4.69, 9.17) is 4.74 Å². The molecule has 11 aromatic rings. The molecule has 64 heavy (non-hydrogen) atoms. The molecule has 0 atom stereocenters. The molecule has 13 rings (SSSR count). The third kappa shape index (κ3) is 5.51. The van der Waals surface area contributed by atoms with Gasteiger partial charge >= 0.3 is 0 Å². The highest BCUT2D eigenvalue weighted by Crippen LogP contribution is 2.61. The summed E-state index contributed by atoms with van der Waals surface area (Å²) in [5.74, 6) is 1.72. The van der Waals surface area contributed by atoms with E-state index in [9.17, 15) is 0 Å². The van der Waals surface area contributed by atoms with Gasteiger partial charge in [-0.3, -0.25) is 0 Å². The second kappa shape index (κ2) is 14.6. The topological polar surface area (TPSA) is 12.5 Å². The van der Waals surface area contributed by atoms with Crippen molar-refractivity contribution in [2.24, 2.45) is 0 Å². The Kier molecular flexibility index (Phi) is 8.34. The van der Waals surface area contributed by atoms with Crippen LogP contribution in [0.3, 0.4) is 0 Å². The number of benzene rings is 10. The van der Waals surface area contributed by atoms with Gasteiger partial charge in [-0.15, -0.1) is 11.3 Å². The maximum absolute atomic E-state index is 6.97. The molecule has 1 spiro atoms. The third-order valence-corrected chi connectivity index (χ3v) is 14.6. The molecule has 2 nitrogen and oxygen atoms in total. The lowest BCUT2D eigenvalue weighted by molar-refractivity contribution is 0.435. The molecular formula is C61H39NOS. The van der Waals surface area contributed by atoms with E-state index >= 15 is 0 Å². The summed E-state index contributed by atoms with van der Waals surface area (Å²) in [4.78, 5) is 2.40. The highest BCUT2D eigenvalue weighted by molar-refractivity contribution is 7.26. The van der Waals surface area contributed by atoms with Crippen molar-refractivity contribution < 1.29 is 4.74 Å². The van der Waals surface area contributed by atoms with E-state index < -0.39 is 5.41 Å². The summed E-state index contributed by atoms with van der Waals surface area (Å²) in [6.07, 6.45) is 0. The van der Waals surface area contributed by atoms with Gasteiger partial charge in [-0.05, 0) is 110 Å². The maximum atomic E-state index is 6.97. The Morgan fingerprint density at radius 2 is 0.828 bits per heavy atom. The first-order valence-electron chi connectivity index (χ1n) is 21.9. The first kappa shape index (κ1) is 36.7. The average molecular weight is 834 g/mol. The van der Waals surface area contributed by atoms with Crippen LogP contribution in [-0.4, -0.2) is 0 Å². The molecule has 300 valence electrons. The maximum Gasteiger partial charge on any atom is 0.132 e. The largest absolute Gasteiger partial charge is 0.457 e. The van der Waals surface area contributed by atoms with E-state index in [0.717, 1.165) is 39.7 Å². The molecule has 1 aliphatic carbocycles. The number of nitrogens with zero attached hydrogens (tertiary/aromatic N) is 1. The van der Waals surface area contributed by atoms with Crippen LogP contribution < -0.4 is 9.64 Å². The zero-order valence-corrected chi connectivity index (χ0v) is 35.6. The van der Waals surface area contributed by atoms with E-state index in [0.29, 0.717) is 0 Å². The number of hydrogen-bond acceptors (Lipinski definition) is 3. The highest BCUT2D eigenvalue weighted by atomic mass is 32.1. The molecule has 0 saturated carbocycles. The molecule has 0 N–H and O–H groups in total. The van der Waals surface area contributed by atoms with Crippen LogP contribution in [0.4, 0.5) is 17.1 Å². The molecule has 0 saturated heterocycles. The zero-order chi connectivity index (χ0) is 42.2. The van der Waals surface area contributed by atoms with Gasteiger partial charge in [0.1, 0.15) is 11.5 Å². The van der Waals surface area contributed by atoms with E-state index in [1.807, 2.05) is 11.3 Å². The Morgan fingerprint density at radius 1 is 0.328 bits per heavy atom. The van der Waals surface area contributed by atoms with Crippen LogP contribution in [0.2, 0.25) is 0 Å². The van der Waals surface area contributed by atoms with Crippen LogP contribution in [0.25, 0.3) is 64.7 Å². The van der Waals surface area contributed by atoms with Gasteiger partial charge in [0.25, 0.3) is 0 Å². The molecule has 1 aromatic heterocycles. The molecule has 3 heteroatoms. The average Bonchev–Trinajstić information content (AvgIpc) is 3.71. The summed E-state index contributed by atoms with van der Waals surface area (Å²) in [7, 11) is 0. The third-order valence-electron chi connectivity index (χ3n) is 13.4. The van der Waals surface area contributed by atoms with Crippen molar-refractivity contribution in [2.75, 3.05) is 4.90 Å². The first-order chi connectivity index (χ1) is 31.7. The van der Waals surface area contributed by atoms with Gasteiger partial charge in [0, 0.05) is 48.4 Å². The normalized spacial score (nSPS) is 12.9. The van der Waals surface area contributed by atoms with Crippen LogP contribution in [0.1, 0.15) is 22.3 Å².